The average molecular weight is 663 g/mol. The number of anilines is 2. The van der Waals surface area contributed by atoms with Crippen molar-refractivity contribution in [3.8, 4) is 0 Å². The first-order valence-electron chi connectivity index (χ1n) is 15.6. The van der Waals surface area contributed by atoms with Crippen LogP contribution in [-0.4, -0.2) is 20.9 Å². The first-order chi connectivity index (χ1) is 23.4. The lowest BCUT2D eigenvalue weighted by Gasteiger charge is -2.12. The number of benzene rings is 4. The van der Waals surface area contributed by atoms with E-state index >= 15 is 0 Å². The van der Waals surface area contributed by atoms with Gasteiger partial charge in [0.1, 0.15) is 0 Å². The van der Waals surface area contributed by atoms with E-state index in [1.165, 1.54) is 35.4 Å². The molecule has 6 nitrogen and oxygen atoms in total. The molecule has 2 aromatic heterocycles. The number of alkyl halides is 3. The van der Waals surface area contributed by atoms with Gasteiger partial charge in [-0.2, -0.15) is 13.2 Å². The van der Waals surface area contributed by atoms with Crippen molar-refractivity contribution >= 4 is 45.0 Å². The number of carbonyl (C=O) groups is 2. The maximum Gasteiger partial charge on any atom is 0.416 e. The number of rotatable bonds is 8. The Morgan fingerprint density at radius 2 is 1.35 bits per heavy atom. The van der Waals surface area contributed by atoms with Gasteiger partial charge in [0.2, 0.25) is 11.8 Å². The molecule has 0 aliphatic heterocycles. The molecule has 0 radical (unpaired) electrons. The monoisotopic (exact) mass is 662 g/mol. The number of fused-ring (bicyclic) bond motifs is 2. The van der Waals surface area contributed by atoms with Crippen molar-refractivity contribution in [2.75, 3.05) is 10.6 Å². The fraction of sp³-hybridized carbons (Fsp3) is 0.150. The third-order valence-electron chi connectivity index (χ3n) is 8.35. The first kappa shape index (κ1) is 34.5. The maximum absolute atomic E-state index is 13.0. The van der Waals surface area contributed by atoms with Gasteiger partial charge in [-0.3, -0.25) is 9.59 Å². The number of hydrogen-bond acceptors (Lipinski definition) is 2. The zero-order chi connectivity index (χ0) is 35.3. The van der Waals surface area contributed by atoms with Crippen LogP contribution >= 0.6 is 0 Å². The van der Waals surface area contributed by atoms with E-state index in [0.717, 1.165) is 51.4 Å². The van der Waals surface area contributed by atoms with Crippen molar-refractivity contribution in [3.05, 3.63) is 156 Å². The topological polar surface area (TPSA) is 68.1 Å². The van der Waals surface area contributed by atoms with Crippen LogP contribution in [0.5, 0.6) is 0 Å². The number of carbonyl (C=O) groups excluding carboxylic acids is 2. The van der Waals surface area contributed by atoms with E-state index in [4.69, 9.17) is 0 Å². The molecule has 49 heavy (non-hydrogen) atoms. The Morgan fingerprint density at radius 1 is 0.735 bits per heavy atom. The minimum absolute atomic E-state index is 0.196. The molecule has 0 aliphatic rings. The number of amides is 2. The number of aromatic nitrogens is 2. The van der Waals surface area contributed by atoms with Gasteiger partial charge in [-0.15, -0.1) is 0 Å². The van der Waals surface area contributed by atoms with Crippen molar-refractivity contribution < 1.29 is 22.8 Å². The second-order valence-electron chi connectivity index (χ2n) is 11.8. The van der Waals surface area contributed by atoms with Crippen molar-refractivity contribution in [2.45, 2.75) is 40.0 Å². The smallest absolute Gasteiger partial charge is 0.343 e. The largest absolute Gasteiger partial charge is 0.416 e. The SMILES string of the molecule is C=CC(=O)Nc1ccc2c(c1)c(C)c(C)n2Cc1cccc(C(F)(F)F)c1.C=CC(=O)Nc1ccc2c(ccn2Cc2cccc(C)c2)c1. The molecule has 0 fully saturated rings. The van der Waals surface area contributed by atoms with Gasteiger partial charge in [0, 0.05) is 58.2 Å². The van der Waals surface area contributed by atoms with Crippen LogP contribution in [0.1, 0.15) is 33.5 Å². The van der Waals surface area contributed by atoms with Crippen molar-refractivity contribution in [1.29, 1.82) is 0 Å². The molecular weight excluding hydrogens is 625 g/mol. The Hall–Kier alpha value is -5.83. The van der Waals surface area contributed by atoms with Crippen LogP contribution in [0.15, 0.2) is 123 Å². The van der Waals surface area contributed by atoms with Gasteiger partial charge in [0.05, 0.1) is 5.56 Å². The third kappa shape index (κ3) is 8.19. The average Bonchev–Trinajstić information content (AvgIpc) is 3.57. The van der Waals surface area contributed by atoms with E-state index in [1.807, 2.05) is 48.7 Å². The zero-order valence-corrected chi connectivity index (χ0v) is 27.6. The Bertz CT molecular complexity index is 2190. The molecule has 0 atom stereocenters. The minimum Gasteiger partial charge on any atom is -0.343 e. The maximum atomic E-state index is 13.0. The third-order valence-corrected chi connectivity index (χ3v) is 8.35. The van der Waals surface area contributed by atoms with Crippen LogP contribution in [0.2, 0.25) is 0 Å². The molecule has 0 unspecified atom stereocenters. The van der Waals surface area contributed by atoms with Gasteiger partial charge in [-0.1, -0.05) is 55.1 Å². The molecule has 2 heterocycles. The molecule has 9 heteroatoms. The van der Waals surface area contributed by atoms with E-state index < -0.39 is 11.7 Å². The molecule has 0 saturated carbocycles. The fourth-order valence-corrected chi connectivity index (χ4v) is 5.77. The highest BCUT2D eigenvalue weighted by atomic mass is 19.4. The van der Waals surface area contributed by atoms with Crippen molar-refractivity contribution in [2.24, 2.45) is 0 Å². The van der Waals surface area contributed by atoms with Gasteiger partial charge in [0.15, 0.2) is 0 Å². The highest BCUT2D eigenvalue weighted by molar-refractivity contribution is 6.01. The summed E-state index contributed by atoms with van der Waals surface area (Å²) in [7, 11) is 0. The summed E-state index contributed by atoms with van der Waals surface area (Å²) >= 11 is 0. The van der Waals surface area contributed by atoms with Gasteiger partial charge >= 0.3 is 6.18 Å². The summed E-state index contributed by atoms with van der Waals surface area (Å²) < 4.78 is 43.1. The second-order valence-corrected chi connectivity index (χ2v) is 11.8. The zero-order valence-electron chi connectivity index (χ0n) is 27.6. The normalized spacial score (nSPS) is 11.1. The number of halogens is 3. The van der Waals surface area contributed by atoms with Gasteiger partial charge in [-0.05, 0) is 104 Å². The number of hydrogen-bond donors (Lipinski definition) is 2. The lowest BCUT2D eigenvalue weighted by atomic mass is 10.1. The summed E-state index contributed by atoms with van der Waals surface area (Å²) in [6.07, 6.45) is 0.179. The predicted molar refractivity (Wildman–Crippen MR) is 192 cm³/mol. The molecule has 2 N–H and O–H groups in total. The van der Waals surface area contributed by atoms with Crippen molar-refractivity contribution in [1.82, 2.24) is 9.13 Å². The lowest BCUT2D eigenvalue weighted by molar-refractivity contribution is -0.137. The van der Waals surface area contributed by atoms with E-state index in [-0.39, 0.29) is 11.8 Å². The lowest BCUT2D eigenvalue weighted by Crippen LogP contribution is -2.08. The summed E-state index contributed by atoms with van der Waals surface area (Å²) in [6.45, 7) is 14.1. The number of nitrogens with zero attached hydrogens (tertiary/aromatic N) is 2. The Balaban J connectivity index is 0.000000195. The summed E-state index contributed by atoms with van der Waals surface area (Å²) in [5.74, 6) is -0.495. The van der Waals surface area contributed by atoms with Crippen LogP contribution in [0.4, 0.5) is 24.5 Å². The molecule has 0 bridgehead atoms. The van der Waals surface area contributed by atoms with E-state index in [2.05, 4.69) is 71.8 Å². The quantitative estimate of drug-likeness (QED) is 0.160. The second kappa shape index (κ2) is 14.5. The van der Waals surface area contributed by atoms with Crippen LogP contribution in [-0.2, 0) is 28.9 Å². The highest BCUT2D eigenvalue weighted by Gasteiger charge is 2.30. The number of aryl methyl sites for hydroxylation is 2. The minimum atomic E-state index is -4.36. The summed E-state index contributed by atoms with van der Waals surface area (Å²) in [5, 5.41) is 7.56. The molecule has 0 saturated heterocycles. The van der Waals surface area contributed by atoms with Crippen LogP contribution < -0.4 is 10.6 Å². The standard InChI is InChI=1S/C21H19F3N2O.C19H18N2O/c1-4-20(27)25-17-8-9-19-18(11-17)13(2)14(3)26(19)12-15-6-5-7-16(10-15)21(22,23)24;1-3-19(22)20-17-7-8-18-16(12-17)9-10-21(18)13-15-6-4-5-14(2)11-15/h4-11H,1,12H2,2-3H3,(H,25,27);3-12H,1,13H2,2H3,(H,20,22). The van der Waals surface area contributed by atoms with Gasteiger partial charge in [0.25, 0.3) is 0 Å². The summed E-state index contributed by atoms with van der Waals surface area (Å²) in [4.78, 5) is 22.9. The van der Waals surface area contributed by atoms with Crippen LogP contribution in [0.3, 0.4) is 0 Å². The fourth-order valence-electron chi connectivity index (χ4n) is 5.77. The predicted octanol–water partition coefficient (Wildman–Crippen LogP) is 9.57. The van der Waals surface area contributed by atoms with E-state index in [1.54, 1.807) is 12.1 Å². The van der Waals surface area contributed by atoms with Crippen LogP contribution in [0, 0.1) is 20.8 Å². The summed E-state index contributed by atoms with van der Waals surface area (Å²) in [5.41, 5.74) is 7.94. The Morgan fingerprint density at radius 3 is 1.98 bits per heavy atom. The summed E-state index contributed by atoms with van der Waals surface area (Å²) in [6, 6.07) is 27.4. The molecule has 0 aliphatic carbocycles. The van der Waals surface area contributed by atoms with Crippen molar-refractivity contribution in [3.63, 3.8) is 0 Å². The molecular formula is C40H37F3N4O2. The molecule has 6 rings (SSSR count). The molecule has 0 spiro atoms. The Labute approximate surface area is 283 Å². The number of nitrogens with one attached hydrogen (secondary N) is 2. The van der Waals surface area contributed by atoms with Crippen LogP contribution in [0.25, 0.3) is 21.8 Å². The van der Waals surface area contributed by atoms with Gasteiger partial charge in [-0.25, -0.2) is 0 Å². The first-order valence-corrected chi connectivity index (χ1v) is 15.6. The van der Waals surface area contributed by atoms with E-state index in [9.17, 15) is 22.8 Å². The molecule has 6 aromatic rings. The van der Waals surface area contributed by atoms with Gasteiger partial charge < -0.3 is 19.8 Å². The van der Waals surface area contributed by atoms with E-state index in [0.29, 0.717) is 17.8 Å². The Kier molecular flexibility index (Phi) is 10.2. The molecule has 250 valence electrons. The molecule has 4 aromatic carbocycles. The molecule has 2 amide bonds. The highest BCUT2D eigenvalue weighted by Crippen LogP contribution is 2.32.